The van der Waals surface area contributed by atoms with Crippen molar-refractivity contribution < 1.29 is 23.0 Å². The maximum Gasteiger partial charge on any atom is 0.387 e. The molecule has 4 heterocycles. The molecule has 214 valence electrons. The Hall–Kier alpha value is -4.58. The van der Waals surface area contributed by atoms with Crippen LogP contribution >= 0.6 is 11.6 Å². The Kier molecular flexibility index (Phi) is 6.69. The lowest BCUT2D eigenvalue weighted by Crippen LogP contribution is -2.47. The Morgan fingerprint density at radius 1 is 1.07 bits per heavy atom. The molecular formula is C29H24ClF2N7O3. The second-order valence-electron chi connectivity index (χ2n) is 10.2. The fourth-order valence-corrected chi connectivity index (χ4v) is 6.11. The SMILES string of the molecule is O=C1c2cc(Cl)ccc2OCN1[C@H]1CCC[C@@H](n2c(-c3ccccc3OC(F)F)nc3cnc(-c4ncn[nH]4)cc32)C1. The van der Waals surface area contributed by atoms with Crippen LogP contribution in [-0.4, -0.2) is 59.9 Å². The van der Waals surface area contributed by atoms with Crippen LogP contribution in [0.25, 0.3) is 33.9 Å². The van der Waals surface area contributed by atoms with E-state index in [9.17, 15) is 13.6 Å². The molecule has 0 unspecified atom stereocenters. The number of carbonyl (C=O) groups is 1. The van der Waals surface area contributed by atoms with Crippen LogP contribution in [0, 0.1) is 0 Å². The summed E-state index contributed by atoms with van der Waals surface area (Å²) in [5.41, 5.74) is 2.76. The second kappa shape index (κ2) is 10.7. The lowest BCUT2D eigenvalue weighted by atomic mass is 9.89. The third-order valence-electron chi connectivity index (χ3n) is 7.79. The van der Waals surface area contributed by atoms with E-state index in [4.69, 9.17) is 26.1 Å². The number of rotatable bonds is 6. The number of halogens is 3. The number of hydrogen-bond donors (Lipinski definition) is 1. The molecule has 7 rings (SSSR count). The minimum Gasteiger partial charge on any atom is -0.472 e. The molecule has 13 heteroatoms. The Morgan fingerprint density at radius 2 is 1.93 bits per heavy atom. The molecule has 1 saturated carbocycles. The van der Waals surface area contributed by atoms with E-state index in [0.29, 0.717) is 51.2 Å². The standard InChI is InChI=1S/C29H24ClF2N7O3/c30-16-8-9-24-20(10-16)28(40)38(15-41-24)17-4-3-5-18(11-17)39-23-12-21(26-34-14-35-37-26)33-13-22(23)36-27(39)19-6-1-2-7-25(19)42-29(31)32/h1-2,6-10,12-14,17-18,29H,3-5,11,15H2,(H,34,35,37)/t17-,18+/m0/s1. The number of nitrogens with one attached hydrogen (secondary N) is 1. The van der Waals surface area contributed by atoms with Gasteiger partial charge < -0.3 is 18.9 Å². The number of ether oxygens (including phenoxy) is 2. The molecule has 1 N–H and O–H groups in total. The quantitative estimate of drug-likeness (QED) is 0.253. The minimum absolute atomic E-state index is 0.0212. The van der Waals surface area contributed by atoms with Gasteiger partial charge in [0.15, 0.2) is 12.6 Å². The van der Waals surface area contributed by atoms with Crippen LogP contribution in [0.4, 0.5) is 8.78 Å². The Morgan fingerprint density at radius 3 is 2.76 bits per heavy atom. The topological polar surface area (TPSA) is 111 Å². The summed E-state index contributed by atoms with van der Waals surface area (Å²) in [6, 6.07) is 13.3. The molecule has 42 heavy (non-hydrogen) atoms. The summed E-state index contributed by atoms with van der Waals surface area (Å²) in [6.45, 7) is -2.86. The van der Waals surface area contributed by atoms with Gasteiger partial charge >= 0.3 is 6.61 Å². The van der Waals surface area contributed by atoms with E-state index < -0.39 is 6.61 Å². The van der Waals surface area contributed by atoms with Crippen LogP contribution in [0.2, 0.25) is 5.02 Å². The number of H-pyrrole nitrogens is 1. The number of fused-ring (bicyclic) bond motifs is 2. The minimum atomic E-state index is -3.00. The molecule has 1 fully saturated rings. The van der Waals surface area contributed by atoms with Gasteiger partial charge in [-0.1, -0.05) is 23.7 Å². The number of para-hydroxylation sites is 1. The monoisotopic (exact) mass is 591 g/mol. The van der Waals surface area contributed by atoms with E-state index in [0.717, 1.165) is 24.8 Å². The van der Waals surface area contributed by atoms with Crippen LogP contribution in [0.1, 0.15) is 42.1 Å². The Balaban J connectivity index is 1.31. The molecule has 0 radical (unpaired) electrons. The Bertz CT molecular complexity index is 1780. The predicted molar refractivity (Wildman–Crippen MR) is 149 cm³/mol. The first-order valence-electron chi connectivity index (χ1n) is 13.5. The van der Waals surface area contributed by atoms with Crippen molar-refractivity contribution in [3.05, 3.63) is 71.6 Å². The molecule has 1 aliphatic carbocycles. The summed E-state index contributed by atoms with van der Waals surface area (Å²) in [5, 5.41) is 7.22. The van der Waals surface area contributed by atoms with Gasteiger partial charge in [0.2, 0.25) is 0 Å². The van der Waals surface area contributed by atoms with Crippen molar-refractivity contribution in [3.63, 3.8) is 0 Å². The van der Waals surface area contributed by atoms with Crippen LogP contribution in [0.3, 0.4) is 0 Å². The first-order chi connectivity index (χ1) is 20.5. The van der Waals surface area contributed by atoms with Crippen molar-refractivity contribution in [1.82, 2.24) is 34.6 Å². The summed E-state index contributed by atoms with van der Waals surface area (Å²) < 4.78 is 39.6. The zero-order chi connectivity index (χ0) is 28.8. The highest BCUT2D eigenvalue weighted by atomic mass is 35.5. The zero-order valence-electron chi connectivity index (χ0n) is 22.1. The summed E-state index contributed by atoms with van der Waals surface area (Å²) in [6.07, 6.45) is 6.04. The number of pyridine rings is 1. The van der Waals surface area contributed by atoms with Crippen molar-refractivity contribution in [2.24, 2.45) is 0 Å². The first-order valence-corrected chi connectivity index (χ1v) is 13.9. The van der Waals surface area contributed by atoms with Gasteiger partial charge in [0.25, 0.3) is 5.91 Å². The molecule has 1 amide bonds. The highest BCUT2D eigenvalue weighted by Crippen LogP contribution is 2.41. The van der Waals surface area contributed by atoms with Gasteiger partial charge in [-0.15, -0.1) is 0 Å². The van der Waals surface area contributed by atoms with Crippen molar-refractivity contribution in [2.75, 3.05) is 6.73 Å². The molecule has 1 aliphatic heterocycles. The van der Waals surface area contributed by atoms with Gasteiger partial charge in [-0.25, -0.2) is 9.97 Å². The highest BCUT2D eigenvalue weighted by Gasteiger charge is 2.36. The lowest BCUT2D eigenvalue weighted by molar-refractivity contribution is -0.0494. The van der Waals surface area contributed by atoms with Gasteiger partial charge in [-0.2, -0.15) is 13.9 Å². The summed E-state index contributed by atoms with van der Waals surface area (Å²) in [7, 11) is 0. The largest absolute Gasteiger partial charge is 0.472 e. The van der Waals surface area contributed by atoms with Gasteiger partial charge in [0, 0.05) is 17.1 Å². The third kappa shape index (κ3) is 4.71. The molecule has 10 nitrogen and oxygen atoms in total. The average molecular weight is 592 g/mol. The Labute approximate surface area is 243 Å². The molecule has 0 spiro atoms. The fourth-order valence-electron chi connectivity index (χ4n) is 5.94. The number of alkyl halides is 2. The molecule has 2 aromatic carbocycles. The number of imidazole rings is 1. The number of amides is 1. The molecule has 2 atom stereocenters. The van der Waals surface area contributed by atoms with E-state index in [1.54, 1.807) is 47.5 Å². The van der Waals surface area contributed by atoms with E-state index >= 15 is 0 Å². The van der Waals surface area contributed by atoms with E-state index in [1.165, 1.54) is 12.4 Å². The van der Waals surface area contributed by atoms with Gasteiger partial charge in [-0.3, -0.25) is 14.9 Å². The highest BCUT2D eigenvalue weighted by molar-refractivity contribution is 6.31. The molecule has 3 aromatic heterocycles. The maximum absolute atomic E-state index is 13.5. The van der Waals surface area contributed by atoms with Gasteiger partial charge in [0.05, 0.1) is 22.8 Å². The number of carbonyl (C=O) groups excluding carboxylic acids is 1. The fraction of sp³-hybridized carbons (Fsp3) is 0.276. The van der Waals surface area contributed by atoms with Crippen LogP contribution in [-0.2, 0) is 0 Å². The van der Waals surface area contributed by atoms with Gasteiger partial charge in [-0.05, 0) is 62.1 Å². The normalized spacial score (nSPS) is 18.8. The number of benzene rings is 2. The number of nitrogens with zero attached hydrogens (tertiary/aromatic N) is 6. The predicted octanol–water partition coefficient (Wildman–Crippen LogP) is 6.11. The molecule has 0 saturated heterocycles. The van der Waals surface area contributed by atoms with Crippen LogP contribution in [0.15, 0.2) is 61.1 Å². The average Bonchev–Trinajstić information content (AvgIpc) is 3.66. The number of aromatic nitrogens is 6. The second-order valence-corrected chi connectivity index (χ2v) is 10.7. The van der Waals surface area contributed by atoms with E-state index in [-0.39, 0.29) is 30.5 Å². The zero-order valence-corrected chi connectivity index (χ0v) is 22.8. The number of aromatic amines is 1. The lowest BCUT2D eigenvalue weighted by Gasteiger charge is -2.40. The number of hydrogen-bond acceptors (Lipinski definition) is 7. The summed E-state index contributed by atoms with van der Waals surface area (Å²) >= 11 is 6.18. The van der Waals surface area contributed by atoms with Gasteiger partial charge in [0.1, 0.15) is 34.9 Å². The maximum atomic E-state index is 13.5. The summed E-state index contributed by atoms with van der Waals surface area (Å²) in [5.74, 6) is 1.36. The molecular weight excluding hydrogens is 568 g/mol. The van der Waals surface area contributed by atoms with Crippen molar-refractivity contribution >= 4 is 28.5 Å². The molecule has 0 bridgehead atoms. The summed E-state index contributed by atoms with van der Waals surface area (Å²) in [4.78, 5) is 28.9. The smallest absolute Gasteiger partial charge is 0.387 e. The molecule has 2 aliphatic rings. The van der Waals surface area contributed by atoms with E-state index in [1.807, 2.05) is 6.07 Å². The third-order valence-corrected chi connectivity index (χ3v) is 8.03. The van der Waals surface area contributed by atoms with Crippen LogP contribution < -0.4 is 9.47 Å². The van der Waals surface area contributed by atoms with Crippen molar-refractivity contribution in [2.45, 2.75) is 44.4 Å². The molecule has 5 aromatic rings. The van der Waals surface area contributed by atoms with Crippen LogP contribution in [0.5, 0.6) is 11.5 Å². The van der Waals surface area contributed by atoms with Crippen molar-refractivity contribution in [3.8, 4) is 34.4 Å². The van der Waals surface area contributed by atoms with E-state index in [2.05, 4.69) is 24.7 Å². The van der Waals surface area contributed by atoms with Crippen molar-refractivity contribution in [1.29, 1.82) is 0 Å². The first kappa shape index (κ1) is 26.3.